The van der Waals surface area contributed by atoms with Gasteiger partial charge in [-0.25, -0.2) is 0 Å². The molecule has 0 bridgehead atoms. The molecule has 138 valence electrons. The highest BCUT2D eigenvalue weighted by atomic mass is 35.5. The number of nitrogens with one attached hydrogen (secondary N) is 1. The maximum Gasteiger partial charge on any atom is 0.251 e. The Bertz CT molecular complexity index is 721. The third-order valence-corrected chi connectivity index (χ3v) is 5.32. The number of amides is 1. The Morgan fingerprint density at radius 1 is 1.08 bits per heavy atom. The molecule has 1 aliphatic rings. The molecule has 26 heavy (non-hydrogen) atoms. The lowest BCUT2D eigenvalue weighted by molar-refractivity contribution is 0.0933. The number of nitrogens with zero attached hydrogens (tertiary/aromatic N) is 1. The van der Waals surface area contributed by atoms with E-state index in [0.717, 1.165) is 13.1 Å². The van der Waals surface area contributed by atoms with E-state index in [1.165, 1.54) is 36.8 Å². The molecule has 1 heterocycles. The summed E-state index contributed by atoms with van der Waals surface area (Å²) in [6.07, 6.45) is 5.05. The third-order valence-electron chi connectivity index (χ3n) is 5.09. The fraction of sp³-hybridized carbons (Fsp3) is 0.409. The van der Waals surface area contributed by atoms with Crippen molar-refractivity contribution in [3.63, 3.8) is 0 Å². The van der Waals surface area contributed by atoms with Gasteiger partial charge in [0.2, 0.25) is 0 Å². The number of likely N-dealkylation sites (tertiary alicyclic amines) is 1. The molecule has 0 saturated carbocycles. The maximum atomic E-state index is 12.5. The summed E-state index contributed by atoms with van der Waals surface area (Å²) in [4.78, 5) is 15.1. The van der Waals surface area contributed by atoms with Crippen LogP contribution in [0.3, 0.4) is 0 Å². The SMILES string of the molecule is Cc1ccc([C@@H](CNC(=O)c2cccc(Cl)c2)N2CCCCCC2)cc1. The molecule has 2 aromatic rings. The number of hydrogen-bond donors (Lipinski definition) is 1. The molecule has 0 unspecified atom stereocenters. The first-order chi connectivity index (χ1) is 12.6. The molecule has 2 aromatic carbocycles. The van der Waals surface area contributed by atoms with Crippen LogP contribution < -0.4 is 5.32 Å². The summed E-state index contributed by atoms with van der Waals surface area (Å²) in [7, 11) is 0. The second-order valence-corrected chi connectivity index (χ2v) is 7.53. The number of rotatable bonds is 5. The molecule has 1 aliphatic heterocycles. The van der Waals surface area contributed by atoms with Gasteiger partial charge >= 0.3 is 0 Å². The highest BCUT2D eigenvalue weighted by molar-refractivity contribution is 6.30. The second-order valence-electron chi connectivity index (χ2n) is 7.10. The normalized spacial score (nSPS) is 16.7. The smallest absolute Gasteiger partial charge is 0.251 e. The van der Waals surface area contributed by atoms with E-state index in [-0.39, 0.29) is 11.9 Å². The van der Waals surface area contributed by atoms with Crippen molar-refractivity contribution in [2.45, 2.75) is 38.6 Å². The molecule has 1 fully saturated rings. The molecule has 3 nitrogen and oxygen atoms in total. The molecule has 0 aliphatic carbocycles. The van der Waals surface area contributed by atoms with Crippen molar-refractivity contribution >= 4 is 17.5 Å². The standard InChI is InChI=1S/C22H27ClN2O/c1-17-9-11-18(12-10-17)21(25-13-4-2-3-5-14-25)16-24-22(26)19-7-6-8-20(23)15-19/h6-12,15,21H,2-5,13-14,16H2,1H3,(H,24,26)/t21-/m1/s1. The van der Waals surface area contributed by atoms with Gasteiger partial charge in [-0.1, -0.05) is 60.3 Å². The number of hydrogen-bond acceptors (Lipinski definition) is 2. The van der Waals surface area contributed by atoms with Crippen molar-refractivity contribution in [3.05, 3.63) is 70.2 Å². The Morgan fingerprint density at radius 3 is 2.42 bits per heavy atom. The number of benzene rings is 2. The Hall–Kier alpha value is -1.84. The van der Waals surface area contributed by atoms with Crippen LogP contribution in [0.25, 0.3) is 0 Å². The Labute approximate surface area is 161 Å². The quantitative estimate of drug-likeness (QED) is 0.803. The van der Waals surface area contributed by atoms with Crippen LogP contribution in [0.5, 0.6) is 0 Å². The van der Waals surface area contributed by atoms with Crippen LogP contribution in [0.15, 0.2) is 48.5 Å². The molecule has 1 N–H and O–H groups in total. The number of halogens is 1. The van der Waals surface area contributed by atoms with Gasteiger partial charge in [-0.05, 0) is 56.6 Å². The summed E-state index contributed by atoms with van der Waals surface area (Å²) < 4.78 is 0. The zero-order valence-electron chi connectivity index (χ0n) is 15.4. The van der Waals surface area contributed by atoms with Gasteiger partial charge in [-0.3, -0.25) is 9.69 Å². The fourth-order valence-corrected chi connectivity index (χ4v) is 3.76. The number of aryl methyl sites for hydroxylation is 1. The van der Waals surface area contributed by atoms with E-state index in [0.29, 0.717) is 17.1 Å². The minimum atomic E-state index is -0.0700. The van der Waals surface area contributed by atoms with Gasteiger partial charge in [0.15, 0.2) is 0 Å². The average molecular weight is 371 g/mol. The summed E-state index contributed by atoms with van der Waals surface area (Å²) in [6, 6.07) is 16.0. The lowest BCUT2D eigenvalue weighted by Crippen LogP contribution is -2.38. The average Bonchev–Trinajstić information content (AvgIpc) is 2.92. The molecular weight excluding hydrogens is 344 g/mol. The maximum absolute atomic E-state index is 12.5. The Balaban J connectivity index is 1.74. The summed E-state index contributed by atoms with van der Waals surface area (Å²) in [5.74, 6) is -0.0700. The molecule has 1 amide bonds. The van der Waals surface area contributed by atoms with Gasteiger partial charge in [0.1, 0.15) is 0 Å². The lowest BCUT2D eigenvalue weighted by Gasteiger charge is -2.31. The van der Waals surface area contributed by atoms with E-state index in [9.17, 15) is 4.79 Å². The van der Waals surface area contributed by atoms with Crippen LogP contribution in [0.1, 0.15) is 53.2 Å². The zero-order chi connectivity index (χ0) is 18.4. The van der Waals surface area contributed by atoms with Crippen LogP contribution >= 0.6 is 11.6 Å². The van der Waals surface area contributed by atoms with Crippen LogP contribution in [-0.2, 0) is 0 Å². The van der Waals surface area contributed by atoms with Gasteiger partial charge < -0.3 is 5.32 Å². The van der Waals surface area contributed by atoms with E-state index >= 15 is 0 Å². The molecule has 0 radical (unpaired) electrons. The molecule has 1 atom stereocenters. The first-order valence-electron chi connectivity index (χ1n) is 9.48. The molecule has 0 aromatic heterocycles. The van der Waals surface area contributed by atoms with Crippen molar-refractivity contribution in [2.75, 3.05) is 19.6 Å². The highest BCUT2D eigenvalue weighted by Crippen LogP contribution is 2.24. The van der Waals surface area contributed by atoms with Gasteiger partial charge in [-0.15, -0.1) is 0 Å². The van der Waals surface area contributed by atoms with Gasteiger partial charge in [-0.2, -0.15) is 0 Å². The van der Waals surface area contributed by atoms with Crippen molar-refractivity contribution in [2.24, 2.45) is 0 Å². The summed E-state index contributed by atoms with van der Waals surface area (Å²) in [5.41, 5.74) is 3.13. The van der Waals surface area contributed by atoms with E-state index in [1.807, 2.05) is 6.07 Å². The van der Waals surface area contributed by atoms with Crippen molar-refractivity contribution in [1.29, 1.82) is 0 Å². The first-order valence-corrected chi connectivity index (χ1v) is 9.85. The monoisotopic (exact) mass is 370 g/mol. The van der Waals surface area contributed by atoms with Crippen LogP contribution in [0, 0.1) is 6.92 Å². The fourth-order valence-electron chi connectivity index (χ4n) is 3.57. The Kier molecular flexibility index (Phi) is 6.70. The molecule has 3 rings (SSSR count). The van der Waals surface area contributed by atoms with Gasteiger partial charge in [0.25, 0.3) is 5.91 Å². The minimum absolute atomic E-state index is 0.0700. The predicted molar refractivity (Wildman–Crippen MR) is 108 cm³/mol. The van der Waals surface area contributed by atoms with Crippen LogP contribution in [0.2, 0.25) is 5.02 Å². The van der Waals surface area contributed by atoms with Gasteiger partial charge in [0.05, 0.1) is 6.04 Å². The number of carbonyl (C=O) groups is 1. The van der Waals surface area contributed by atoms with E-state index in [1.54, 1.807) is 18.2 Å². The first kappa shape index (κ1) is 18.9. The molecule has 1 saturated heterocycles. The topological polar surface area (TPSA) is 32.3 Å². The zero-order valence-corrected chi connectivity index (χ0v) is 16.1. The lowest BCUT2D eigenvalue weighted by atomic mass is 10.0. The van der Waals surface area contributed by atoms with Crippen LogP contribution in [-0.4, -0.2) is 30.4 Å². The molecule has 0 spiro atoms. The van der Waals surface area contributed by atoms with E-state index < -0.39 is 0 Å². The van der Waals surface area contributed by atoms with Crippen LogP contribution in [0.4, 0.5) is 0 Å². The summed E-state index contributed by atoms with van der Waals surface area (Å²) in [5, 5.41) is 3.70. The molecule has 4 heteroatoms. The summed E-state index contributed by atoms with van der Waals surface area (Å²) in [6.45, 7) is 4.89. The van der Waals surface area contributed by atoms with E-state index in [4.69, 9.17) is 11.6 Å². The summed E-state index contributed by atoms with van der Waals surface area (Å²) >= 11 is 6.01. The number of carbonyl (C=O) groups excluding carboxylic acids is 1. The Morgan fingerprint density at radius 2 is 1.77 bits per heavy atom. The minimum Gasteiger partial charge on any atom is -0.350 e. The predicted octanol–water partition coefficient (Wildman–Crippen LogP) is 5.00. The van der Waals surface area contributed by atoms with E-state index in [2.05, 4.69) is 41.4 Å². The van der Waals surface area contributed by atoms with Gasteiger partial charge in [0, 0.05) is 17.1 Å². The highest BCUT2D eigenvalue weighted by Gasteiger charge is 2.22. The third kappa shape index (κ3) is 5.09. The second kappa shape index (κ2) is 9.20. The molecular formula is C22H27ClN2O. The largest absolute Gasteiger partial charge is 0.350 e. The van der Waals surface area contributed by atoms with Crippen molar-refractivity contribution in [3.8, 4) is 0 Å². The van der Waals surface area contributed by atoms with Crippen molar-refractivity contribution in [1.82, 2.24) is 10.2 Å². The van der Waals surface area contributed by atoms with Crippen molar-refractivity contribution < 1.29 is 4.79 Å².